The molecule has 2 aromatic carbocycles. The molecule has 6 nitrogen and oxygen atoms in total. The Morgan fingerprint density at radius 2 is 1.61 bits per heavy atom. The number of likely N-dealkylation sites (N-methyl/N-ethyl adjacent to an activating group) is 1. The lowest BCUT2D eigenvalue weighted by molar-refractivity contribution is 0.0934. The Hall–Kier alpha value is -2.38. The summed E-state index contributed by atoms with van der Waals surface area (Å²) >= 11 is 0. The van der Waals surface area contributed by atoms with Gasteiger partial charge in [0.1, 0.15) is 0 Å². The molecule has 152 valence electrons. The van der Waals surface area contributed by atoms with Gasteiger partial charge in [-0.15, -0.1) is 0 Å². The SMILES string of the molecule is CCN(CC)C(CNC(=O)c1ccc(NS(C)(=O)=O)cc1)Cc1ccccc1. The van der Waals surface area contributed by atoms with Crippen molar-refractivity contribution in [1.29, 1.82) is 0 Å². The minimum absolute atomic E-state index is 0.170. The number of nitrogens with zero attached hydrogens (tertiary/aromatic N) is 1. The van der Waals surface area contributed by atoms with Gasteiger partial charge < -0.3 is 5.32 Å². The molecule has 1 atom stereocenters. The zero-order valence-electron chi connectivity index (χ0n) is 16.7. The van der Waals surface area contributed by atoms with Gasteiger partial charge in [-0.05, 0) is 49.3 Å². The summed E-state index contributed by atoms with van der Waals surface area (Å²) in [5.74, 6) is -0.170. The first kappa shape index (κ1) is 21.9. The third-order valence-electron chi connectivity index (χ3n) is 4.59. The molecule has 0 aliphatic carbocycles. The molecule has 0 spiro atoms. The Morgan fingerprint density at radius 3 is 2.14 bits per heavy atom. The third kappa shape index (κ3) is 6.98. The summed E-state index contributed by atoms with van der Waals surface area (Å²) in [6, 6.07) is 16.9. The molecule has 0 fully saturated rings. The molecule has 28 heavy (non-hydrogen) atoms. The van der Waals surface area contributed by atoms with Crippen molar-refractivity contribution in [3.05, 3.63) is 65.7 Å². The largest absolute Gasteiger partial charge is 0.350 e. The lowest BCUT2D eigenvalue weighted by Gasteiger charge is -2.30. The number of carbonyl (C=O) groups is 1. The van der Waals surface area contributed by atoms with Crippen LogP contribution in [-0.2, 0) is 16.4 Å². The Bertz CT molecular complexity index is 848. The molecule has 0 heterocycles. The van der Waals surface area contributed by atoms with Gasteiger partial charge in [0, 0.05) is 23.8 Å². The molecule has 0 saturated heterocycles. The van der Waals surface area contributed by atoms with Crippen molar-refractivity contribution in [2.45, 2.75) is 26.3 Å². The fraction of sp³-hybridized carbons (Fsp3) is 0.381. The van der Waals surface area contributed by atoms with Gasteiger partial charge in [0.05, 0.1) is 6.26 Å². The highest BCUT2D eigenvalue weighted by Crippen LogP contribution is 2.12. The minimum Gasteiger partial charge on any atom is -0.350 e. The Kier molecular flexibility index (Phi) is 8.02. The fourth-order valence-corrected chi connectivity index (χ4v) is 3.74. The lowest BCUT2D eigenvalue weighted by Crippen LogP contribution is -2.45. The summed E-state index contributed by atoms with van der Waals surface area (Å²) in [4.78, 5) is 14.9. The summed E-state index contributed by atoms with van der Waals surface area (Å²) in [7, 11) is -3.33. The lowest BCUT2D eigenvalue weighted by atomic mass is 10.0. The highest BCUT2D eigenvalue weighted by molar-refractivity contribution is 7.92. The number of nitrogens with one attached hydrogen (secondary N) is 2. The van der Waals surface area contributed by atoms with Crippen LogP contribution in [0.25, 0.3) is 0 Å². The molecule has 0 aromatic heterocycles. The van der Waals surface area contributed by atoms with Crippen LogP contribution in [0.15, 0.2) is 54.6 Å². The first-order valence-electron chi connectivity index (χ1n) is 9.46. The Morgan fingerprint density at radius 1 is 1.00 bits per heavy atom. The van der Waals surface area contributed by atoms with Gasteiger partial charge in [-0.25, -0.2) is 8.42 Å². The van der Waals surface area contributed by atoms with Gasteiger partial charge in [-0.1, -0.05) is 44.2 Å². The average Bonchev–Trinajstić information content (AvgIpc) is 2.66. The van der Waals surface area contributed by atoms with Crippen molar-refractivity contribution in [3.63, 3.8) is 0 Å². The van der Waals surface area contributed by atoms with Crippen LogP contribution in [0.3, 0.4) is 0 Å². The summed E-state index contributed by atoms with van der Waals surface area (Å²) in [6.07, 6.45) is 1.95. The van der Waals surface area contributed by atoms with E-state index in [1.54, 1.807) is 24.3 Å². The van der Waals surface area contributed by atoms with E-state index in [0.717, 1.165) is 25.8 Å². The standard InChI is InChI=1S/C21H29N3O3S/c1-4-24(5-2)20(15-17-9-7-6-8-10-17)16-22-21(25)18-11-13-19(14-12-18)23-28(3,26)27/h6-14,20,23H,4-5,15-16H2,1-3H3,(H,22,25). The Balaban J connectivity index is 2.01. The van der Waals surface area contributed by atoms with Crippen LogP contribution in [0.2, 0.25) is 0 Å². The van der Waals surface area contributed by atoms with Gasteiger partial charge in [-0.2, -0.15) is 0 Å². The topological polar surface area (TPSA) is 78.5 Å². The molecule has 1 amide bonds. The van der Waals surface area contributed by atoms with E-state index >= 15 is 0 Å². The number of benzene rings is 2. The molecular formula is C21H29N3O3S. The van der Waals surface area contributed by atoms with Crippen LogP contribution in [0.5, 0.6) is 0 Å². The molecule has 0 radical (unpaired) electrons. The van der Waals surface area contributed by atoms with E-state index in [-0.39, 0.29) is 11.9 Å². The van der Waals surface area contributed by atoms with Crippen molar-refractivity contribution in [2.24, 2.45) is 0 Å². The van der Waals surface area contributed by atoms with E-state index in [4.69, 9.17) is 0 Å². The van der Waals surface area contributed by atoms with Crippen molar-refractivity contribution < 1.29 is 13.2 Å². The van der Waals surface area contributed by atoms with Crippen LogP contribution in [-0.4, -0.2) is 51.2 Å². The van der Waals surface area contributed by atoms with Crippen LogP contribution in [0, 0.1) is 0 Å². The maximum atomic E-state index is 12.5. The van der Waals surface area contributed by atoms with Gasteiger partial charge in [0.25, 0.3) is 5.91 Å². The maximum absolute atomic E-state index is 12.5. The smallest absolute Gasteiger partial charge is 0.251 e. The molecule has 0 saturated carbocycles. The third-order valence-corrected chi connectivity index (χ3v) is 5.20. The summed E-state index contributed by atoms with van der Waals surface area (Å²) in [5.41, 5.74) is 2.17. The molecule has 0 aliphatic heterocycles. The van der Waals surface area contributed by atoms with Crippen LogP contribution >= 0.6 is 0 Å². The number of amides is 1. The predicted molar refractivity (Wildman–Crippen MR) is 114 cm³/mol. The monoisotopic (exact) mass is 403 g/mol. The predicted octanol–water partition coefficient (Wildman–Crippen LogP) is 2.74. The molecule has 7 heteroatoms. The minimum atomic E-state index is -3.33. The molecule has 2 N–H and O–H groups in total. The van der Waals surface area contributed by atoms with Gasteiger partial charge in [0.2, 0.25) is 10.0 Å². The fourth-order valence-electron chi connectivity index (χ4n) is 3.17. The van der Waals surface area contributed by atoms with E-state index in [9.17, 15) is 13.2 Å². The van der Waals surface area contributed by atoms with E-state index in [1.807, 2.05) is 18.2 Å². The molecule has 0 aliphatic rings. The number of carbonyl (C=O) groups excluding carboxylic acids is 1. The van der Waals surface area contributed by atoms with E-state index in [1.165, 1.54) is 5.56 Å². The summed E-state index contributed by atoms with van der Waals surface area (Å²) in [6.45, 7) is 6.61. The molecule has 1 unspecified atom stereocenters. The second kappa shape index (κ2) is 10.2. The van der Waals surface area contributed by atoms with Crippen LogP contribution in [0.4, 0.5) is 5.69 Å². The molecule has 0 bridgehead atoms. The molecular weight excluding hydrogens is 374 g/mol. The average molecular weight is 404 g/mol. The first-order valence-corrected chi connectivity index (χ1v) is 11.4. The van der Waals surface area contributed by atoms with Gasteiger partial charge >= 0.3 is 0 Å². The summed E-state index contributed by atoms with van der Waals surface area (Å²) < 4.78 is 24.9. The highest BCUT2D eigenvalue weighted by atomic mass is 32.2. The zero-order valence-corrected chi connectivity index (χ0v) is 17.5. The van der Waals surface area contributed by atoms with Crippen LogP contribution < -0.4 is 10.0 Å². The van der Waals surface area contributed by atoms with E-state index < -0.39 is 10.0 Å². The van der Waals surface area contributed by atoms with E-state index in [2.05, 4.69) is 40.9 Å². The molecule has 2 aromatic rings. The Labute approximate surface area is 168 Å². The van der Waals surface area contributed by atoms with Crippen molar-refractivity contribution >= 4 is 21.6 Å². The summed E-state index contributed by atoms with van der Waals surface area (Å²) in [5, 5.41) is 3.02. The number of sulfonamides is 1. The zero-order chi connectivity index (χ0) is 20.6. The maximum Gasteiger partial charge on any atom is 0.251 e. The van der Waals surface area contributed by atoms with Crippen molar-refractivity contribution in [1.82, 2.24) is 10.2 Å². The number of hydrogen-bond acceptors (Lipinski definition) is 4. The second-order valence-corrected chi connectivity index (χ2v) is 8.47. The van der Waals surface area contributed by atoms with Gasteiger partial charge in [-0.3, -0.25) is 14.4 Å². The number of anilines is 1. The second-order valence-electron chi connectivity index (χ2n) is 6.73. The number of hydrogen-bond donors (Lipinski definition) is 2. The number of rotatable bonds is 10. The van der Waals surface area contributed by atoms with Gasteiger partial charge in [0.15, 0.2) is 0 Å². The normalized spacial score (nSPS) is 12.6. The highest BCUT2D eigenvalue weighted by Gasteiger charge is 2.18. The first-order chi connectivity index (χ1) is 13.3. The quantitative estimate of drug-likeness (QED) is 0.639. The van der Waals surface area contributed by atoms with Crippen molar-refractivity contribution in [2.75, 3.05) is 30.6 Å². The van der Waals surface area contributed by atoms with Crippen molar-refractivity contribution in [3.8, 4) is 0 Å². The molecule has 2 rings (SSSR count). The van der Waals surface area contributed by atoms with Crippen LogP contribution in [0.1, 0.15) is 29.8 Å². The van der Waals surface area contributed by atoms with E-state index in [0.29, 0.717) is 17.8 Å².